The minimum atomic E-state index is -0.738. The summed E-state index contributed by atoms with van der Waals surface area (Å²) < 4.78 is 11.9. The van der Waals surface area contributed by atoms with E-state index in [9.17, 15) is 9.59 Å². The fourth-order valence-corrected chi connectivity index (χ4v) is 4.02. The summed E-state index contributed by atoms with van der Waals surface area (Å²) in [6.07, 6.45) is 4.99. The van der Waals surface area contributed by atoms with Gasteiger partial charge in [-0.3, -0.25) is 4.79 Å². The molecule has 1 aromatic carbocycles. The molecule has 1 aliphatic rings. The molecular weight excluding hydrogens is 416 g/mol. The molecule has 0 aliphatic carbocycles. The van der Waals surface area contributed by atoms with Crippen LogP contribution < -0.4 is 5.32 Å². The van der Waals surface area contributed by atoms with Gasteiger partial charge in [0.1, 0.15) is 5.65 Å². The smallest absolute Gasteiger partial charge is 0.347 e. The van der Waals surface area contributed by atoms with Gasteiger partial charge in [0, 0.05) is 29.0 Å². The number of carbonyl (C=O) groups is 2. The van der Waals surface area contributed by atoms with Crippen LogP contribution in [0.4, 0.5) is 5.69 Å². The molecule has 154 valence electrons. The minimum absolute atomic E-state index is 0.0224. The number of rotatable bonds is 5. The molecule has 5 rings (SSSR count). The molecule has 0 amide bonds. The third-order valence-electron chi connectivity index (χ3n) is 4.73. The topological polar surface area (TPSA) is 106 Å². The molecule has 0 atom stereocenters. The maximum atomic E-state index is 13.0. The standard InChI is InChI=1S/C22H16N4O4S/c1-2-29-22(28)18-19(27)16(8-12-10-24-20-14(12)4-3-7-23-20)30-21(18)26-13-5-6-15-17(9-13)31-11-25-15/h3-11,26H,2H2,1H3,(H,23,24)/b16-8-. The van der Waals surface area contributed by atoms with Crippen molar-refractivity contribution in [3.8, 4) is 0 Å². The lowest BCUT2D eigenvalue weighted by Gasteiger charge is -2.08. The number of pyridine rings is 1. The normalized spacial score (nSPS) is 15.1. The summed E-state index contributed by atoms with van der Waals surface area (Å²) in [6.45, 7) is 1.82. The Kier molecular flexibility index (Phi) is 4.72. The molecule has 0 fully saturated rings. The molecule has 0 bridgehead atoms. The fraction of sp³-hybridized carbons (Fsp3) is 0.0909. The van der Waals surface area contributed by atoms with E-state index >= 15 is 0 Å². The number of esters is 1. The average Bonchev–Trinajstić information content (AvgIpc) is 3.47. The number of aromatic nitrogens is 3. The molecule has 8 nitrogen and oxygen atoms in total. The molecule has 2 N–H and O–H groups in total. The Labute approximate surface area is 180 Å². The van der Waals surface area contributed by atoms with Crippen LogP contribution in [0.5, 0.6) is 0 Å². The second-order valence-electron chi connectivity index (χ2n) is 6.67. The van der Waals surface area contributed by atoms with E-state index in [1.54, 1.807) is 43.0 Å². The molecule has 3 aromatic heterocycles. The van der Waals surface area contributed by atoms with Crippen LogP contribution in [-0.4, -0.2) is 33.3 Å². The summed E-state index contributed by atoms with van der Waals surface area (Å²) in [5.41, 5.74) is 4.53. The second-order valence-corrected chi connectivity index (χ2v) is 7.55. The maximum absolute atomic E-state index is 13.0. The van der Waals surface area contributed by atoms with Crippen LogP contribution in [0.25, 0.3) is 27.3 Å². The van der Waals surface area contributed by atoms with Crippen molar-refractivity contribution in [1.29, 1.82) is 0 Å². The molecular formula is C22H16N4O4S. The van der Waals surface area contributed by atoms with Gasteiger partial charge in [-0.2, -0.15) is 0 Å². The monoisotopic (exact) mass is 432 g/mol. The van der Waals surface area contributed by atoms with Gasteiger partial charge in [-0.1, -0.05) is 0 Å². The van der Waals surface area contributed by atoms with Crippen molar-refractivity contribution in [2.45, 2.75) is 6.92 Å². The molecule has 0 saturated heterocycles. The number of benzene rings is 1. The lowest BCUT2D eigenvalue weighted by Crippen LogP contribution is -2.16. The molecule has 4 aromatic rings. The van der Waals surface area contributed by atoms with Crippen LogP contribution in [-0.2, 0) is 19.1 Å². The van der Waals surface area contributed by atoms with Crippen molar-refractivity contribution in [2.75, 3.05) is 11.9 Å². The molecule has 0 radical (unpaired) electrons. The predicted molar refractivity (Wildman–Crippen MR) is 117 cm³/mol. The number of ether oxygens (including phenoxy) is 2. The van der Waals surface area contributed by atoms with Gasteiger partial charge in [0.05, 0.1) is 22.3 Å². The summed E-state index contributed by atoms with van der Waals surface area (Å²) in [6, 6.07) is 9.22. The summed E-state index contributed by atoms with van der Waals surface area (Å²) in [7, 11) is 0. The zero-order chi connectivity index (χ0) is 21.4. The Morgan fingerprint density at radius 1 is 1.32 bits per heavy atom. The first-order valence-corrected chi connectivity index (χ1v) is 10.4. The fourth-order valence-electron chi connectivity index (χ4n) is 3.31. The number of fused-ring (bicyclic) bond motifs is 2. The van der Waals surface area contributed by atoms with E-state index in [1.165, 1.54) is 11.3 Å². The van der Waals surface area contributed by atoms with Crippen molar-refractivity contribution in [3.05, 3.63) is 71.0 Å². The SMILES string of the molecule is CCOC(=O)C1=C(Nc2ccc3ncsc3c2)O/C(=C\c2c[nH]c3ncccc23)C1=O. The Bertz CT molecular complexity index is 1400. The first-order chi connectivity index (χ1) is 15.1. The van der Waals surface area contributed by atoms with Crippen LogP contribution in [0.2, 0.25) is 0 Å². The number of nitrogens with one attached hydrogen (secondary N) is 2. The van der Waals surface area contributed by atoms with E-state index in [1.807, 2.05) is 18.2 Å². The van der Waals surface area contributed by atoms with Crippen molar-refractivity contribution in [1.82, 2.24) is 15.0 Å². The van der Waals surface area contributed by atoms with E-state index < -0.39 is 11.8 Å². The molecule has 0 unspecified atom stereocenters. The van der Waals surface area contributed by atoms with Crippen molar-refractivity contribution >= 4 is 56.1 Å². The Hall–Kier alpha value is -3.98. The number of carbonyl (C=O) groups excluding carboxylic acids is 2. The van der Waals surface area contributed by atoms with Gasteiger partial charge in [0.25, 0.3) is 0 Å². The number of hydrogen-bond donors (Lipinski definition) is 2. The third-order valence-corrected chi connectivity index (χ3v) is 5.52. The van der Waals surface area contributed by atoms with Crippen LogP contribution in [0.3, 0.4) is 0 Å². The maximum Gasteiger partial charge on any atom is 0.347 e. The summed E-state index contributed by atoms with van der Waals surface area (Å²) >= 11 is 1.49. The highest BCUT2D eigenvalue weighted by atomic mass is 32.1. The summed E-state index contributed by atoms with van der Waals surface area (Å²) in [5, 5.41) is 3.88. The molecule has 0 saturated carbocycles. The van der Waals surface area contributed by atoms with Crippen molar-refractivity contribution in [3.63, 3.8) is 0 Å². The largest absolute Gasteiger partial charge is 0.462 e. The third kappa shape index (κ3) is 3.44. The van der Waals surface area contributed by atoms with E-state index in [0.717, 1.165) is 21.2 Å². The molecule has 31 heavy (non-hydrogen) atoms. The first-order valence-electron chi connectivity index (χ1n) is 9.52. The Morgan fingerprint density at radius 3 is 3.10 bits per heavy atom. The number of allylic oxidation sites excluding steroid dienone is 1. The van der Waals surface area contributed by atoms with Gasteiger partial charge in [0.2, 0.25) is 11.7 Å². The number of hydrogen-bond acceptors (Lipinski definition) is 8. The highest BCUT2D eigenvalue weighted by Crippen LogP contribution is 2.31. The number of aromatic amines is 1. The number of H-pyrrole nitrogens is 1. The average molecular weight is 432 g/mol. The zero-order valence-corrected chi connectivity index (χ0v) is 17.2. The number of anilines is 1. The zero-order valence-electron chi connectivity index (χ0n) is 16.3. The van der Waals surface area contributed by atoms with E-state index in [-0.39, 0.29) is 23.8 Å². The van der Waals surface area contributed by atoms with Gasteiger partial charge in [0.15, 0.2) is 11.3 Å². The van der Waals surface area contributed by atoms with Crippen LogP contribution >= 0.6 is 11.3 Å². The van der Waals surface area contributed by atoms with Crippen LogP contribution in [0, 0.1) is 0 Å². The Morgan fingerprint density at radius 2 is 2.23 bits per heavy atom. The van der Waals surface area contributed by atoms with Gasteiger partial charge < -0.3 is 19.8 Å². The number of ketones is 1. The van der Waals surface area contributed by atoms with E-state index in [2.05, 4.69) is 20.3 Å². The van der Waals surface area contributed by atoms with E-state index in [0.29, 0.717) is 11.3 Å². The van der Waals surface area contributed by atoms with Crippen LogP contribution in [0.1, 0.15) is 12.5 Å². The Balaban J connectivity index is 1.51. The van der Waals surface area contributed by atoms with Crippen molar-refractivity contribution < 1.29 is 19.1 Å². The molecule has 9 heteroatoms. The molecule has 1 aliphatic heterocycles. The number of nitrogens with zero attached hydrogens (tertiary/aromatic N) is 2. The van der Waals surface area contributed by atoms with Crippen LogP contribution in [0.15, 0.2) is 65.5 Å². The minimum Gasteiger partial charge on any atom is -0.462 e. The quantitative estimate of drug-likeness (QED) is 0.279. The highest BCUT2D eigenvalue weighted by Gasteiger charge is 2.37. The number of thiazole rings is 1. The first kappa shape index (κ1) is 19.0. The van der Waals surface area contributed by atoms with E-state index in [4.69, 9.17) is 9.47 Å². The van der Waals surface area contributed by atoms with Gasteiger partial charge >= 0.3 is 5.97 Å². The second kappa shape index (κ2) is 7.69. The molecule has 4 heterocycles. The van der Waals surface area contributed by atoms with Gasteiger partial charge in [-0.05, 0) is 43.3 Å². The number of Topliss-reactive ketones (excluding diaryl/α,β-unsaturated/α-hetero) is 1. The van der Waals surface area contributed by atoms with Gasteiger partial charge in [-0.25, -0.2) is 14.8 Å². The lowest BCUT2D eigenvalue weighted by atomic mass is 10.1. The summed E-state index contributed by atoms with van der Waals surface area (Å²) in [4.78, 5) is 37.1. The van der Waals surface area contributed by atoms with Gasteiger partial charge in [-0.15, -0.1) is 11.3 Å². The highest BCUT2D eigenvalue weighted by molar-refractivity contribution is 7.16. The molecule has 0 spiro atoms. The summed E-state index contributed by atoms with van der Waals surface area (Å²) in [5.74, 6) is -1.22. The van der Waals surface area contributed by atoms with Crippen molar-refractivity contribution in [2.24, 2.45) is 0 Å². The lowest BCUT2D eigenvalue weighted by molar-refractivity contribution is -0.139. The predicted octanol–water partition coefficient (Wildman–Crippen LogP) is 4.00.